The minimum Gasteiger partial charge on any atom is -0.455 e. The maximum Gasteiger partial charge on any atom is 0.334 e. The van der Waals surface area contributed by atoms with Crippen molar-refractivity contribution in [1.82, 2.24) is 4.90 Å². The quantitative estimate of drug-likeness (QED) is 0.220. The molecule has 2 aromatic rings. The predicted molar refractivity (Wildman–Crippen MR) is 138 cm³/mol. The lowest BCUT2D eigenvalue weighted by Crippen LogP contribution is -2.41. The molecule has 0 fully saturated rings. The Bertz CT molecular complexity index is 807. The van der Waals surface area contributed by atoms with E-state index < -0.39 is 5.60 Å². The highest BCUT2D eigenvalue weighted by Crippen LogP contribution is 2.28. The van der Waals surface area contributed by atoms with Crippen LogP contribution in [0.4, 0.5) is 0 Å². The number of rotatable bonds is 14. The molecule has 0 spiro atoms. The summed E-state index contributed by atoms with van der Waals surface area (Å²) in [5.74, 6) is 0.138. The molecule has 0 heterocycles. The second-order valence-corrected chi connectivity index (χ2v) is 9.46. The summed E-state index contributed by atoms with van der Waals surface area (Å²) < 4.78 is 5.92. The van der Waals surface area contributed by atoms with Crippen molar-refractivity contribution in [3.63, 3.8) is 0 Å². The van der Waals surface area contributed by atoms with E-state index in [0.717, 1.165) is 44.2 Å². The zero-order valence-corrected chi connectivity index (χ0v) is 20.9. The molecule has 4 nitrogen and oxygen atoms in total. The summed E-state index contributed by atoms with van der Waals surface area (Å²) in [6.45, 7) is 8.19. The van der Waals surface area contributed by atoms with Crippen molar-refractivity contribution in [2.75, 3.05) is 26.7 Å². The van der Waals surface area contributed by atoms with Crippen LogP contribution in [0.5, 0.6) is 0 Å². The van der Waals surface area contributed by atoms with E-state index in [2.05, 4.69) is 72.6 Å². The van der Waals surface area contributed by atoms with Gasteiger partial charge in [0.2, 0.25) is 0 Å². The van der Waals surface area contributed by atoms with Crippen molar-refractivity contribution in [3.8, 4) is 0 Å². The van der Waals surface area contributed by atoms with Crippen LogP contribution in [0, 0.1) is 0 Å². The van der Waals surface area contributed by atoms with E-state index in [-0.39, 0.29) is 5.97 Å². The Morgan fingerprint density at radius 2 is 1.58 bits per heavy atom. The highest BCUT2D eigenvalue weighted by molar-refractivity contribution is 5.88. The molecule has 0 saturated carbocycles. The second kappa shape index (κ2) is 14.0. The van der Waals surface area contributed by atoms with Gasteiger partial charge >= 0.3 is 5.97 Å². The van der Waals surface area contributed by atoms with Gasteiger partial charge in [0.15, 0.2) is 0 Å². The number of benzene rings is 2. The van der Waals surface area contributed by atoms with Gasteiger partial charge in [0.05, 0.1) is 0 Å². The van der Waals surface area contributed by atoms with Crippen molar-refractivity contribution in [2.45, 2.75) is 64.4 Å². The molecule has 2 aromatic carbocycles. The first kappa shape index (κ1) is 26.8. The lowest BCUT2D eigenvalue weighted by Gasteiger charge is -2.31. The molecule has 4 heteroatoms. The molecular formula is C29H42N2O2. The van der Waals surface area contributed by atoms with E-state index in [4.69, 9.17) is 10.5 Å². The number of nitrogens with two attached hydrogens (primary N) is 1. The molecule has 2 rings (SSSR count). The Balaban J connectivity index is 1.93. The number of hydrogen-bond acceptors (Lipinski definition) is 4. The van der Waals surface area contributed by atoms with E-state index in [1.807, 2.05) is 26.8 Å². The minimum atomic E-state index is -0.563. The number of nitrogens with zero attached hydrogens (tertiary/aromatic N) is 1. The standard InChI is InChI=1S/C29H42N2O2/c1-5-24(15-13-8-14-21-30)28(32)33-29(2,3)23-31(4)22-20-27(25-16-9-6-10-17-25)26-18-11-7-12-19-26/h5-7,9-12,16-19,27H,8,13-15,20-23,30H2,1-4H3. The van der Waals surface area contributed by atoms with Gasteiger partial charge in [-0.2, -0.15) is 0 Å². The number of unbranched alkanes of at least 4 members (excludes halogenated alkanes) is 2. The summed E-state index contributed by atoms with van der Waals surface area (Å²) in [5, 5.41) is 0. The van der Waals surface area contributed by atoms with Gasteiger partial charge in [0, 0.05) is 18.0 Å². The molecule has 180 valence electrons. The molecule has 0 unspecified atom stereocenters. The summed E-state index contributed by atoms with van der Waals surface area (Å²) in [5.41, 5.74) is 8.42. The molecule has 0 radical (unpaired) electrons. The maximum atomic E-state index is 12.7. The van der Waals surface area contributed by atoms with Gasteiger partial charge in [-0.15, -0.1) is 0 Å². The van der Waals surface area contributed by atoms with Crippen LogP contribution in [0.15, 0.2) is 72.3 Å². The first-order valence-corrected chi connectivity index (χ1v) is 12.2. The zero-order valence-electron chi connectivity index (χ0n) is 20.9. The molecule has 0 saturated heterocycles. The van der Waals surface area contributed by atoms with Gasteiger partial charge in [0.25, 0.3) is 0 Å². The molecular weight excluding hydrogens is 408 g/mol. The van der Waals surface area contributed by atoms with E-state index in [1.54, 1.807) is 0 Å². The highest BCUT2D eigenvalue weighted by atomic mass is 16.6. The Labute approximate surface area is 200 Å². The molecule has 2 N–H and O–H groups in total. The topological polar surface area (TPSA) is 55.6 Å². The van der Waals surface area contributed by atoms with E-state index >= 15 is 0 Å². The average Bonchev–Trinajstić information content (AvgIpc) is 2.80. The van der Waals surface area contributed by atoms with Crippen molar-refractivity contribution < 1.29 is 9.53 Å². The van der Waals surface area contributed by atoms with E-state index in [9.17, 15) is 4.79 Å². The Morgan fingerprint density at radius 3 is 2.09 bits per heavy atom. The maximum absolute atomic E-state index is 12.7. The zero-order chi connectivity index (χ0) is 24.1. The lowest BCUT2D eigenvalue weighted by molar-refractivity contribution is -0.153. The van der Waals surface area contributed by atoms with Crippen LogP contribution in [0.3, 0.4) is 0 Å². The molecule has 0 aromatic heterocycles. The van der Waals surface area contributed by atoms with Crippen LogP contribution >= 0.6 is 0 Å². The highest BCUT2D eigenvalue weighted by Gasteiger charge is 2.26. The summed E-state index contributed by atoms with van der Waals surface area (Å²) in [6.07, 6.45) is 6.63. The molecule has 0 bridgehead atoms. The number of likely N-dealkylation sites (N-methyl/N-ethyl adjacent to an activating group) is 1. The molecule has 0 atom stereocenters. The number of carbonyl (C=O) groups excluding carboxylic acids is 1. The first-order chi connectivity index (χ1) is 15.9. The van der Waals surface area contributed by atoms with Crippen LogP contribution in [-0.4, -0.2) is 43.2 Å². The van der Waals surface area contributed by atoms with Crippen LogP contribution in [0.25, 0.3) is 0 Å². The van der Waals surface area contributed by atoms with Crippen LogP contribution in [0.1, 0.15) is 69.9 Å². The molecule has 0 amide bonds. The lowest BCUT2D eigenvalue weighted by atomic mass is 9.88. The monoisotopic (exact) mass is 450 g/mol. The average molecular weight is 451 g/mol. The van der Waals surface area contributed by atoms with Crippen molar-refractivity contribution in [2.24, 2.45) is 5.73 Å². The van der Waals surface area contributed by atoms with Crippen molar-refractivity contribution >= 4 is 5.97 Å². The molecule has 0 aliphatic carbocycles. The van der Waals surface area contributed by atoms with Crippen molar-refractivity contribution in [3.05, 3.63) is 83.4 Å². The third-order valence-corrected chi connectivity index (χ3v) is 5.98. The van der Waals surface area contributed by atoms with Crippen LogP contribution < -0.4 is 5.73 Å². The number of allylic oxidation sites excluding steroid dienone is 1. The second-order valence-electron chi connectivity index (χ2n) is 9.46. The fourth-order valence-corrected chi connectivity index (χ4v) is 4.32. The number of ether oxygens (including phenoxy) is 1. The number of esters is 1. The van der Waals surface area contributed by atoms with E-state index in [1.165, 1.54) is 11.1 Å². The molecule has 33 heavy (non-hydrogen) atoms. The Hall–Kier alpha value is -2.43. The largest absolute Gasteiger partial charge is 0.455 e. The normalized spacial score (nSPS) is 12.4. The van der Waals surface area contributed by atoms with Crippen molar-refractivity contribution in [1.29, 1.82) is 0 Å². The van der Waals surface area contributed by atoms with Gasteiger partial charge < -0.3 is 15.4 Å². The first-order valence-electron chi connectivity index (χ1n) is 12.2. The summed E-state index contributed by atoms with van der Waals surface area (Å²) in [4.78, 5) is 15.0. The number of carbonyl (C=O) groups is 1. The van der Waals surface area contributed by atoms with Gasteiger partial charge in [-0.05, 0) is 77.7 Å². The predicted octanol–water partition coefficient (Wildman–Crippen LogP) is 5.93. The van der Waals surface area contributed by atoms with Gasteiger partial charge in [0.1, 0.15) is 5.60 Å². The number of hydrogen-bond donors (Lipinski definition) is 1. The van der Waals surface area contributed by atoms with Crippen LogP contribution in [0.2, 0.25) is 0 Å². The van der Waals surface area contributed by atoms with Gasteiger partial charge in [-0.25, -0.2) is 4.79 Å². The minimum absolute atomic E-state index is 0.199. The summed E-state index contributed by atoms with van der Waals surface area (Å²) >= 11 is 0. The Morgan fingerprint density at radius 1 is 1.00 bits per heavy atom. The SMILES string of the molecule is CC=C(CCCCCN)C(=O)OC(C)(C)CN(C)CCC(c1ccccc1)c1ccccc1. The fraction of sp³-hybridized carbons (Fsp3) is 0.483. The Kier molecular flexibility index (Phi) is 11.4. The summed E-state index contributed by atoms with van der Waals surface area (Å²) in [7, 11) is 2.10. The fourth-order valence-electron chi connectivity index (χ4n) is 4.32. The summed E-state index contributed by atoms with van der Waals surface area (Å²) in [6, 6.07) is 21.4. The van der Waals surface area contributed by atoms with Gasteiger partial charge in [-0.1, -0.05) is 73.2 Å². The molecule has 0 aliphatic rings. The molecule has 0 aliphatic heterocycles. The smallest absolute Gasteiger partial charge is 0.334 e. The van der Waals surface area contributed by atoms with E-state index in [0.29, 0.717) is 19.0 Å². The third kappa shape index (κ3) is 9.53. The van der Waals surface area contributed by atoms with Gasteiger partial charge in [-0.3, -0.25) is 0 Å². The van der Waals surface area contributed by atoms with Crippen LogP contribution in [-0.2, 0) is 9.53 Å². The third-order valence-electron chi connectivity index (χ3n) is 5.98.